The maximum atomic E-state index is 11.4. The molecule has 0 heterocycles. The number of rotatable bonds is 6. The van der Waals surface area contributed by atoms with Crippen molar-refractivity contribution in [1.82, 2.24) is 5.32 Å². The first-order valence-corrected chi connectivity index (χ1v) is 5.97. The fourth-order valence-corrected chi connectivity index (χ4v) is 1.35. The molecule has 1 aromatic rings. The molecule has 0 saturated carbocycles. The van der Waals surface area contributed by atoms with Gasteiger partial charge in [-0.1, -0.05) is 26.0 Å². The van der Waals surface area contributed by atoms with Crippen LogP contribution in [0.25, 0.3) is 0 Å². The lowest BCUT2D eigenvalue weighted by molar-refractivity contribution is -0.120. The van der Waals surface area contributed by atoms with E-state index in [0.717, 1.165) is 11.3 Å². The summed E-state index contributed by atoms with van der Waals surface area (Å²) in [5.41, 5.74) is 0.905. The molecule has 0 aliphatic rings. The Labute approximate surface area is 108 Å². The topological polar surface area (TPSA) is 62.1 Å². The number of nitriles is 1. The number of nitrogens with zero attached hydrogens (tertiary/aromatic N) is 1. The quantitative estimate of drug-likeness (QED) is 0.780. The van der Waals surface area contributed by atoms with Gasteiger partial charge in [0, 0.05) is 0 Å². The van der Waals surface area contributed by atoms with Crippen LogP contribution < -0.4 is 10.1 Å². The lowest BCUT2D eigenvalue weighted by Crippen LogP contribution is -2.25. The van der Waals surface area contributed by atoms with Crippen molar-refractivity contribution >= 4 is 5.91 Å². The van der Waals surface area contributed by atoms with Crippen molar-refractivity contribution in [3.8, 4) is 11.8 Å². The van der Waals surface area contributed by atoms with Crippen LogP contribution in [-0.4, -0.2) is 19.1 Å². The van der Waals surface area contributed by atoms with Gasteiger partial charge in [-0.15, -0.1) is 0 Å². The van der Waals surface area contributed by atoms with Crippen molar-refractivity contribution in [2.75, 3.05) is 13.2 Å². The maximum Gasteiger partial charge on any atom is 0.225 e. The van der Waals surface area contributed by atoms with Crippen molar-refractivity contribution in [2.45, 2.75) is 20.3 Å². The highest BCUT2D eigenvalue weighted by Crippen LogP contribution is 2.13. The molecule has 0 atom stereocenters. The molecule has 0 spiro atoms. The average molecular weight is 246 g/mol. The molecule has 0 aliphatic carbocycles. The van der Waals surface area contributed by atoms with E-state index in [2.05, 4.69) is 19.2 Å². The molecule has 1 aromatic carbocycles. The van der Waals surface area contributed by atoms with Crippen molar-refractivity contribution < 1.29 is 9.53 Å². The highest BCUT2D eigenvalue weighted by molar-refractivity contribution is 5.78. The van der Waals surface area contributed by atoms with E-state index in [1.807, 2.05) is 30.3 Å². The second kappa shape index (κ2) is 7.33. The van der Waals surface area contributed by atoms with E-state index in [4.69, 9.17) is 10.00 Å². The van der Waals surface area contributed by atoms with E-state index < -0.39 is 0 Å². The third kappa shape index (κ3) is 5.35. The van der Waals surface area contributed by atoms with Gasteiger partial charge in [-0.25, -0.2) is 0 Å². The molecular weight excluding hydrogens is 228 g/mol. The summed E-state index contributed by atoms with van der Waals surface area (Å²) in [7, 11) is 0. The number of ether oxygens (including phenoxy) is 1. The predicted octanol–water partition coefficient (Wildman–Crippen LogP) is 1.90. The zero-order valence-corrected chi connectivity index (χ0v) is 10.8. The summed E-state index contributed by atoms with van der Waals surface area (Å²) >= 11 is 0. The molecule has 0 fully saturated rings. The van der Waals surface area contributed by atoms with Crippen molar-refractivity contribution in [3.05, 3.63) is 29.8 Å². The second-order valence-corrected chi connectivity index (χ2v) is 4.46. The SMILES string of the molecule is CC(C)COc1ccc(CC(=O)NCC#N)cc1. The Balaban J connectivity index is 2.45. The molecule has 0 aromatic heterocycles. The highest BCUT2D eigenvalue weighted by atomic mass is 16.5. The number of amides is 1. The molecule has 18 heavy (non-hydrogen) atoms. The lowest BCUT2D eigenvalue weighted by Gasteiger charge is -2.09. The number of nitrogens with one attached hydrogen (secondary N) is 1. The normalized spacial score (nSPS) is 9.89. The molecule has 0 saturated heterocycles. The Bertz CT molecular complexity index is 418. The molecular formula is C14H18N2O2. The van der Waals surface area contributed by atoms with Gasteiger partial charge in [-0.2, -0.15) is 5.26 Å². The van der Waals surface area contributed by atoms with Gasteiger partial charge >= 0.3 is 0 Å². The predicted molar refractivity (Wildman–Crippen MR) is 69.1 cm³/mol. The van der Waals surface area contributed by atoms with E-state index in [1.54, 1.807) is 0 Å². The number of benzene rings is 1. The molecule has 0 aliphatic heterocycles. The van der Waals surface area contributed by atoms with Crippen LogP contribution in [-0.2, 0) is 11.2 Å². The number of carbonyl (C=O) groups is 1. The maximum absolute atomic E-state index is 11.4. The molecule has 1 rings (SSSR count). The minimum Gasteiger partial charge on any atom is -0.493 e. The monoisotopic (exact) mass is 246 g/mol. The van der Waals surface area contributed by atoms with Gasteiger partial charge in [0.05, 0.1) is 19.1 Å². The lowest BCUT2D eigenvalue weighted by atomic mass is 10.1. The van der Waals surface area contributed by atoms with Crippen LogP contribution in [0.4, 0.5) is 0 Å². The molecule has 1 N–H and O–H groups in total. The minimum atomic E-state index is -0.146. The Morgan fingerprint density at radius 2 is 2.06 bits per heavy atom. The Morgan fingerprint density at radius 1 is 1.39 bits per heavy atom. The van der Waals surface area contributed by atoms with Crippen LogP contribution in [0.2, 0.25) is 0 Å². The van der Waals surface area contributed by atoms with Gasteiger partial charge < -0.3 is 10.1 Å². The van der Waals surface area contributed by atoms with E-state index >= 15 is 0 Å². The Hall–Kier alpha value is -2.02. The Kier molecular flexibility index (Phi) is 5.72. The van der Waals surface area contributed by atoms with Crippen LogP contribution in [0.5, 0.6) is 5.75 Å². The summed E-state index contributed by atoms with van der Waals surface area (Å²) in [6.07, 6.45) is 0.284. The van der Waals surface area contributed by atoms with Gasteiger partial charge in [0.15, 0.2) is 0 Å². The molecule has 96 valence electrons. The van der Waals surface area contributed by atoms with Crippen LogP contribution >= 0.6 is 0 Å². The highest BCUT2D eigenvalue weighted by Gasteiger charge is 2.03. The molecule has 4 nitrogen and oxygen atoms in total. The summed E-state index contributed by atoms with van der Waals surface area (Å²) in [5, 5.41) is 10.8. The number of hydrogen-bond acceptors (Lipinski definition) is 3. The fourth-order valence-electron chi connectivity index (χ4n) is 1.35. The van der Waals surface area contributed by atoms with Gasteiger partial charge in [0.25, 0.3) is 0 Å². The summed E-state index contributed by atoms with van der Waals surface area (Å²) in [6.45, 7) is 4.91. The van der Waals surface area contributed by atoms with Gasteiger partial charge in [-0.3, -0.25) is 4.79 Å². The summed E-state index contributed by atoms with van der Waals surface area (Å²) < 4.78 is 5.55. The van der Waals surface area contributed by atoms with Crippen LogP contribution in [0.1, 0.15) is 19.4 Å². The standard InChI is InChI=1S/C14H18N2O2/c1-11(2)10-18-13-5-3-12(4-6-13)9-14(17)16-8-7-15/h3-6,11H,8-10H2,1-2H3,(H,16,17). The Morgan fingerprint density at radius 3 is 2.61 bits per heavy atom. The summed E-state index contributed by atoms with van der Waals surface area (Å²) in [4.78, 5) is 11.4. The van der Waals surface area contributed by atoms with Crippen LogP contribution in [0, 0.1) is 17.2 Å². The van der Waals surface area contributed by atoms with E-state index in [9.17, 15) is 4.79 Å². The molecule has 1 amide bonds. The van der Waals surface area contributed by atoms with E-state index in [0.29, 0.717) is 12.5 Å². The minimum absolute atomic E-state index is 0.0500. The second-order valence-electron chi connectivity index (χ2n) is 4.46. The number of carbonyl (C=O) groups excluding carboxylic acids is 1. The van der Waals surface area contributed by atoms with Crippen molar-refractivity contribution in [3.63, 3.8) is 0 Å². The fraction of sp³-hybridized carbons (Fsp3) is 0.429. The van der Waals surface area contributed by atoms with Gasteiger partial charge in [0.2, 0.25) is 5.91 Å². The summed E-state index contributed by atoms with van der Waals surface area (Å²) in [6, 6.07) is 9.31. The average Bonchev–Trinajstić information content (AvgIpc) is 2.35. The van der Waals surface area contributed by atoms with Gasteiger partial charge in [0.1, 0.15) is 12.3 Å². The third-order valence-electron chi connectivity index (χ3n) is 2.24. The zero-order valence-electron chi connectivity index (χ0n) is 10.8. The molecule has 0 bridgehead atoms. The van der Waals surface area contributed by atoms with E-state index in [1.165, 1.54) is 0 Å². The van der Waals surface area contributed by atoms with E-state index in [-0.39, 0.29) is 18.9 Å². The third-order valence-corrected chi connectivity index (χ3v) is 2.24. The number of hydrogen-bond donors (Lipinski definition) is 1. The van der Waals surface area contributed by atoms with Crippen molar-refractivity contribution in [1.29, 1.82) is 5.26 Å². The van der Waals surface area contributed by atoms with Crippen LogP contribution in [0.3, 0.4) is 0 Å². The van der Waals surface area contributed by atoms with Crippen molar-refractivity contribution in [2.24, 2.45) is 5.92 Å². The van der Waals surface area contributed by atoms with Crippen LogP contribution in [0.15, 0.2) is 24.3 Å². The first-order valence-electron chi connectivity index (χ1n) is 5.97. The molecule has 4 heteroatoms. The summed E-state index contributed by atoms with van der Waals surface area (Å²) in [5.74, 6) is 1.15. The smallest absolute Gasteiger partial charge is 0.225 e. The first-order chi connectivity index (χ1) is 8.61. The zero-order chi connectivity index (χ0) is 13.4. The first kappa shape index (κ1) is 14.0. The molecule has 0 unspecified atom stereocenters. The molecule has 0 radical (unpaired) electrons. The largest absolute Gasteiger partial charge is 0.493 e. The van der Waals surface area contributed by atoms with Gasteiger partial charge in [-0.05, 0) is 23.6 Å².